The molecule has 0 spiro atoms. The highest BCUT2D eigenvalue weighted by Gasteiger charge is 2.22. The second-order valence-corrected chi connectivity index (χ2v) is 6.20. The maximum absolute atomic E-state index is 11.3. The van der Waals surface area contributed by atoms with Crippen LogP contribution in [-0.2, 0) is 0 Å². The van der Waals surface area contributed by atoms with Gasteiger partial charge in [0.1, 0.15) is 0 Å². The fourth-order valence-electron chi connectivity index (χ4n) is 2.79. The summed E-state index contributed by atoms with van der Waals surface area (Å²) in [6, 6.07) is 5.64. The molecule has 0 aliphatic carbocycles. The van der Waals surface area contributed by atoms with Crippen LogP contribution in [0.2, 0.25) is 5.02 Å². The van der Waals surface area contributed by atoms with Crippen molar-refractivity contribution < 1.29 is 4.79 Å². The molecule has 0 saturated carbocycles. The number of halogens is 1. The molecular weight excluding hydrogens is 258 g/mol. The predicted molar refractivity (Wildman–Crippen MR) is 81.2 cm³/mol. The SMILES string of the molecule is CC(=O)c1ccc(N2CCC(C(C)C)CC2)c(Cl)c1. The van der Waals surface area contributed by atoms with E-state index in [0.717, 1.165) is 30.6 Å². The molecule has 1 saturated heterocycles. The van der Waals surface area contributed by atoms with Gasteiger partial charge in [-0.15, -0.1) is 0 Å². The van der Waals surface area contributed by atoms with Crippen molar-refractivity contribution in [2.24, 2.45) is 11.8 Å². The van der Waals surface area contributed by atoms with Crippen LogP contribution in [0.25, 0.3) is 0 Å². The lowest BCUT2D eigenvalue weighted by Gasteiger charge is -2.35. The molecule has 1 aromatic carbocycles. The van der Waals surface area contributed by atoms with E-state index in [2.05, 4.69) is 18.7 Å². The maximum Gasteiger partial charge on any atom is 0.159 e. The number of hydrogen-bond acceptors (Lipinski definition) is 2. The van der Waals surface area contributed by atoms with Crippen molar-refractivity contribution in [2.45, 2.75) is 33.6 Å². The third-order valence-corrected chi connectivity index (χ3v) is 4.48. The second-order valence-electron chi connectivity index (χ2n) is 5.79. The molecule has 1 aliphatic rings. The zero-order chi connectivity index (χ0) is 14.0. The number of ketones is 1. The van der Waals surface area contributed by atoms with Crippen molar-refractivity contribution >= 4 is 23.1 Å². The van der Waals surface area contributed by atoms with E-state index in [1.165, 1.54) is 12.8 Å². The van der Waals surface area contributed by atoms with E-state index in [1.807, 2.05) is 12.1 Å². The van der Waals surface area contributed by atoms with Crippen molar-refractivity contribution in [3.63, 3.8) is 0 Å². The van der Waals surface area contributed by atoms with Crippen LogP contribution in [0.5, 0.6) is 0 Å². The normalized spacial score (nSPS) is 17.0. The van der Waals surface area contributed by atoms with Crippen LogP contribution in [-0.4, -0.2) is 18.9 Å². The van der Waals surface area contributed by atoms with Gasteiger partial charge in [-0.3, -0.25) is 4.79 Å². The Labute approximate surface area is 120 Å². The zero-order valence-electron chi connectivity index (χ0n) is 11.9. The van der Waals surface area contributed by atoms with Gasteiger partial charge < -0.3 is 4.90 Å². The molecule has 104 valence electrons. The van der Waals surface area contributed by atoms with Gasteiger partial charge in [0.25, 0.3) is 0 Å². The standard InChI is InChI=1S/C16H22ClNO/c1-11(2)13-6-8-18(9-7-13)16-5-4-14(12(3)19)10-15(16)17/h4-5,10-11,13H,6-9H2,1-3H3. The first-order chi connectivity index (χ1) is 8.99. The van der Waals surface area contributed by atoms with E-state index in [-0.39, 0.29) is 5.78 Å². The molecule has 0 radical (unpaired) electrons. The third kappa shape index (κ3) is 3.30. The van der Waals surface area contributed by atoms with Crippen LogP contribution in [0.4, 0.5) is 5.69 Å². The van der Waals surface area contributed by atoms with E-state index in [1.54, 1.807) is 13.0 Å². The lowest BCUT2D eigenvalue weighted by Crippen LogP contribution is -2.35. The molecule has 0 unspecified atom stereocenters. The highest BCUT2D eigenvalue weighted by atomic mass is 35.5. The summed E-state index contributed by atoms with van der Waals surface area (Å²) in [6.45, 7) is 8.29. The second kappa shape index (κ2) is 5.96. The molecule has 3 heteroatoms. The van der Waals surface area contributed by atoms with Gasteiger partial charge in [-0.25, -0.2) is 0 Å². The molecule has 1 aliphatic heterocycles. The van der Waals surface area contributed by atoms with Gasteiger partial charge >= 0.3 is 0 Å². The van der Waals surface area contributed by atoms with Crippen LogP contribution < -0.4 is 4.90 Å². The molecule has 2 rings (SSSR count). The molecule has 0 amide bonds. The first-order valence-corrected chi connectivity index (χ1v) is 7.42. The molecule has 0 aromatic heterocycles. The minimum Gasteiger partial charge on any atom is -0.370 e. The summed E-state index contributed by atoms with van der Waals surface area (Å²) in [7, 11) is 0. The zero-order valence-corrected chi connectivity index (χ0v) is 12.7. The topological polar surface area (TPSA) is 20.3 Å². The summed E-state index contributed by atoms with van der Waals surface area (Å²) in [5.74, 6) is 1.65. The first-order valence-electron chi connectivity index (χ1n) is 7.04. The lowest BCUT2D eigenvalue weighted by atomic mass is 9.86. The Kier molecular flexibility index (Phi) is 4.51. The highest BCUT2D eigenvalue weighted by molar-refractivity contribution is 6.33. The van der Waals surface area contributed by atoms with Gasteiger partial charge in [-0.2, -0.15) is 0 Å². The van der Waals surface area contributed by atoms with Crippen molar-refractivity contribution in [1.29, 1.82) is 0 Å². The van der Waals surface area contributed by atoms with Crippen LogP contribution in [0.3, 0.4) is 0 Å². The van der Waals surface area contributed by atoms with E-state index in [0.29, 0.717) is 10.6 Å². The van der Waals surface area contributed by atoms with Crippen molar-refractivity contribution in [3.05, 3.63) is 28.8 Å². The maximum atomic E-state index is 11.3. The van der Waals surface area contributed by atoms with Gasteiger partial charge in [0.2, 0.25) is 0 Å². The molecular formula is C16H22ClNO. The molecule has 2 nitrogen and oxygen atoms in total. The first kappa shape index (κ1) is 14.4. The minimum absolute atomic E-state index is 0.0620. The number of anilines is 1. The van der Waals surface area contributed by atoms with Gasteiger partial charge in [-0.1, -0.05) is 25.4 Å². The Hall–Kier alpha value is -1.02. The van der Waals surface area contributed by atoms with Gasteiger partial charge in [0.05, 0.1) is 10.7 Å². The average Bonchev–Trinajstić information content (AvgIpc) is 2.38. The Morgan fingerprint density at radius 3 is 2.42 bits per heavy atom. The number of piperidine rings is 1. The predicted octanol–water partition coefficient (Wildman–Crippen LogP) is 4.42. The number of rotatable bonds is 3. The van der Waals surface area contributed by atoms with Gasteiger partial charge in [-0.05, 0) is 49.8 Å². The number of Topliss-reactive ketones (excluding diaryl/α,β-unsaturated/α-hetero) is 1. The van der Waals surface area contributed by atoms with Crippen LogP contribution >= 0.6 is 11.6 Å². The summed E-state index contributed by atoms with van der Waals surface area (Å²) in [5, 5.41) is 0.690. The van der Waals surface area contributed by atoms with Gasteiger partial charge in [0.15, 0.2) is 5.78 Å². The number of benzene rings is 1. The number of carbonyl (C=O) groups excluding carboxylic acids is 1. The van der Waals surface area contributed by atoms with E-state index >= 15 is 0 Å². The highest BCUT2D eigenvalue weighted by Crippen LogP contribution is 2.32. The minimum atomic E-state index is 0.0620. The van der Waals surface area contributed by atoms with Crippen molar-refractivity contribution in [3.8, 4) is 0 Å². The summed E-state index contributed by atoms with van der Waals surface area (Å²) < 4.78 is 0. The summed E-state index contributed by atoms with van der Waals surface area (Å²) in [5.41, 5.74) is 1.75. The number of nitrogens with zero attached hydrogens (tertiary/aromatic N) is 1. The number of hydrogen-bond donors (Lipinski definition) is 0. The Bertz CT molecular complexity index is 462. The smallest absolute Gasteiger partial charge is 0.159 e. The van der Waals surface area contributed by atoms with Crippen LogP contribution in [0.15, 0.2) is 18.2 Å². The monoisotopic (exact) mass is 279 g/mol. The van der Waals surface area contributed by atoms with E-state index < -0.39 is 0 Å². The molecule has 0 atom stereocenters. The van der Waals surface area contributed by atoms with Crippen LogP contribution in [0.1, 0.15) is 44.0 Å². The molecule has 0 bridgehead atoms. The molecule has 1 fully saturated rings. The largest absolute Gasteiger partial charge is 0.370 e. The average molecular weight is 280 g/mol. The third-order valence-electron chi connectivity index (χ3n) is 4.18. The Morgan fingerprint density at radius 2 is 1.95 bits per heavy atom. The molecule has 0 N–H and O–H groups in total. The summed E-state index contributed by atoms with van der Waals surface area (Å²) in [6.07, 6.45) is 2.45. The summed E-state index contributed by atoms with van der Waals surface area (Å²) >= 11 is 6.31. The van der Waals surface area contributed by atoms with E-state index in [9.17, 15) is 4.79 Å². The molecule has 1 aromatic rings. The summed E-state index contributed by atoms with van der Waals surface area (Å²) in [4.78, 5) is 13.7. The fraction of sp³-hybridized carbons (Fsp3) is 0.562. The quantitative estimate of drug-likeness (QED) is 0.764. The van der Waals surface area contributed by atoms with Crippen molar-refractivity contribution in [2.75, 3.05) is 18.0 Å². The van der Waals surface area contributed by atoms with Crippen molar-refractivity contribution in [1.82, 2.24) is 0 Å². The van der Waals surface area contributed by atoms with E-state index in [4.69, 9.17) is 11.6 Å². The number of carbonyl (C=O) groups is 1. The van der Waals surface area contributed by atoms with Crippen LogP contribution in [0, 0.1) is 11.8 Å². The fourth-order valence-corrected chi connectivity index (χ4v) is 3.09. The Balaban J connectivity index is 2.09. The van der Waals surface area contributed by atoms with Gasteiger partial charge in [0, 0.05) is 18.7 Å². The molecule has 19 heavy (non-hydrogen) atoms. The molecule has 1 heterocycles. The Morgan fingerprint density at radius 1 is 1.32 bits per heavy atom. The lowest BCUT2D eigenvalue weighted by molar-refractivity contribution is 0.101.